The highest BCUT2D eigenvalue weighted by molar-refractivity contribution is 5.06. The average Bonchev–Trinajstić information content (AvgIpc) is 1.99. The van der Waals surface area contributed by atoms with Crippen molar-refractivity contribution in [3.63, 3.8) is 0 Å². The molecule has 0 aromatic rings. The lowest BCUT2D eigenvalue weighted by molar-refractivity contribution is 0.514. The largest absolute Gasteiger partial charge is 0.0775 e. The van der Waals surface area contributed by atoms with Gasteiger partial charge in [0, 0.05) is 0 Å². The minimum Gasteiger partial charge on any atom is -0.0775 e. The number of hydrogen-bond acceptors (Lipinski definition) is 0. The van der Waals surface area contributed by atoms with Gasteiger partial charge in [0.2, 0.25) is 0 Å². The average molecular weight is 154 g/mol. The summed E-state index contributed by atoms with van der Waals surface area (Å²) in [6.45, 7) is 11.2. The van der Waals surface area contributed by atoms with E-state index in [0.717, 1.165) is 5.92 Å². The van der Waals surface area contributed by atoms with Crippen LogP contribution in [0.3, 0.4) is 0 Å². The molecule has 11 heavy (non-hydrogen) atoms. The first-order valence-corrected chi connectivity index (χ1v) is 4.70. The SMILES string of the molecule is CCC(C)CCC(C)=C(C)C. The lowest BCUT2D eigenvalue weighted by Crippen LogP contribution is -1.92. The van der Waals surface area contributed by atoms with Crippen LogP contribution in [0.15, 0.2) is 11.1 Å². The minimum absolute atomic E-state index is 0.893. The van der Waals surface area contributed by atoms with Crippen molar-refractivity contribution in [2.45, 2.75) is 53.9 Å². The van der Waals surface area contributed by atoms with Crippen molar-refractivity contribution in [3.05, 3.63) is 11.1 Å². The second-order valence-electron chi connectivity index (χ2n) is 3.83. The summed E-state index contributed by atoms with van der Waals surface area (Å²) >= 11 is 0. The number of hydrogen-bond donors (Lipinski definition) is 0. The van der Waals surface area contributed by atoms with Gasteiger partial charge < -0.3 is 0 Å². The summed E-state index contributed by atoms with van der Waals surface area (Å²) in [7, 11) is 0. The summed E-state index contributed by atoms with van der Waals surface area (Å²) < 4.78 is 0. The molecule has 0 aliphatic carbocycles. The first-order valence-electron chi connectivity index (χ1n) is 4.70. The maximum atomic E-state index is 2.33. The summed E-state index contributed by atoms with van der Waals surface area (Å²) in [5.74, 6) is 0.893. The highest BCUT2D eigenvalue weighted by Crippen LogP contribution is 2.16. The van der Waals surface area contributed by atoms with Gasteiger partial charge in [0.05, 0.1) is 0 Å². The number of allylic oxidation sites excluding steroid dienone is 2. The van der Waals surface area contributed by atoms with Crippen LogP contribution in [0, 0.1) is 5.92 Å². The molecule has 1 unspecified atom stereocenters. The predicted molar refractivity (Wildman–Crippen MR) is 52.7 cm³/mol. The van der Waals surface area contributed by atoms with Crippen molar-refractivity contribution < 1.29 is 0 Å². The second kappa shape index (κ2) is 5.40. The van der Waals surface area contributed by atoms with Gasteiger partial charge in [-0.05, 0) is 39.5 Å². The lowest BCUT2D eigenvalue weighted by atomic mass is 9.98. The Morgan fingerprint density at radius 2 is 1.73 bits per heavy atom. The normalized spacial score (nSPS) is 12.8. The Morgan fingerprint density at radius 1 is 1.18 bits per heavy atom. The van der Waals surface area contributed by atoms with E-state index in [1.165, 1.54) is 24.8 Å². The van der Waals surface area contributed by atoms with Crippen LogP contribution in [0.25, 0.3) is 0 Å². The first kappa shape index (κ1) is 10.7. The van der Waals surface area contributed by atoms with Gasteiger partial charge >= 0.3 is 0 Å². The summed E-state index contributed by atoms with van der Waals surface area (Å²) in [4.78, 5) is 0. The van der Waals surface area contributed by atoms with Gasteiger partial charge in [0.15, 0.2) is 0 Å². The molecule has 0 amide bonds. The van der Waals surface area contributed by atoms with Crippen LogP contribution in [-0.2, 0) is 0 Å². The fourth-order valence-corrected chi connectivity index (χ4v) is 0.917. The third kappa shape index (κ3) is 5.06. The van der Waals surface area contributed by atoms with E-state index in [9.17, 15) is 0 Å². The van der Waals surface area contributed by atoms with Crippen molar-refractivity contribution in [1.82, 2.24) is 0 Å². The molecule has 0 heterocycles. The molecule has 0 aliphatic heterocycles. The predicted octanol–water partition coefficient (Wildman–Crippen LogP) is 4.17. The molecule has 0 rings (SSSR count). The fraction of sp³-hybridized carbons (Fsp3) is 0.818. The summed E-state index contributed by atoms with van der Waals surface area (Å²) in [6.07, 6.45) is 3.96. The molecule has 0 heteroatoms. The van der Waals surface area contributed by atoms with Gasteiger partial charge in [0.1, 0.15) is 0 Å². The fourth-order valence-electron chi connectivity index (χ4n) is 0.917. The Kier molecular flexibility index (Phi) is 5.27. The molecule has 0 aliphatic rings. The highest BCUT2D eigenvalue weighted by atomic mass is 14.1. The highest BCUT2D eigenvalue weighted by Gasteiger charge is 1.99. The zero-order valence-corrected chi connectivity index (χ0v) is 8.70. The van der Waals surface area contributed by atoms with E-state index in [2.05, 4.69) is 34.6 Å². The van der Waals surface area contributed by atoms with Crippen LogP contribution in [0.4, 0.5) is 0 Å². The molecule has 66 valence electrons. The maximum Gasteiger partial charge on any atom is -0.0318 e. The van der Waals surface area contributed by atoms with E-state index in [4.69, 9.17) is 0 Å². The van der Waals surface area contributed by atoms with Gasteiger partial charge in [-0.3, -0.25) is 0 Å². The van der Waals surface area contributed by atoms with Gasteiger partial charge in [-0.25, -0.2) is 0 Å². The molecule has 0 aromatic carbocycles. The lowest BCUT2D eigenvalue weighted by Gasteiger charge is -2.08. The number of rotatable bonds is 4. The third-order valence-electron chi connectivity index (χ3n) is 2.56. The van der Waals surface area contributed by atoms with Crippen molar-refractivity contribution in [2.24, 2.45) is 5.92 Å². The Balaban J connectivity index is 3.63. The molecule has 0 bridgehead atoms. The first-order chi connectivity index (χ1) is 5.07. The molecule has 1 atom stereocenters. The second-order valence-corrected chi connectivity index (χ2v) is 3.83. The van der Waals surface area contributed by atoms with Crippen molar-refractivity contribution >= 4 is 0 Å². The summed E-state index contributed by atoms with van der Waals surface area (Å²) in [5, 5.41) is 0. The van der Waals surface area contributed by atoms with E-state index in [1.807, 2.05) is 0 Å². The Hall–Kier alpha value is -0.260. The minimum atomic E-state index is 0.893. The van der Waals surface area contributed by atoms with Gasteiger partial charge in [-0.15, -0.1) is 0 Å². The van der Waals surface area contributed by atoms with Gasteiger partial charge in [0.25, 0.3) is 0 Å². The smallest absolute Gasteiger partial charge is 0.0318 e. The molecule has 0 aromatic heterocycles. The van der Waals surface area contributed by atoms with Crippen LogP contribution in [-0.4, -0.2) is 0 Å². The van der Waals surface area contributed by atoms with Crippen LogP contribution < -0.4 is 0 Å². The zero-order valence-electron chi connectivity index (χ0n) is 8.70. The van der Waals surface area contributed by atoms with Gasteiger partial charge in [-0.1, -0.05) is 31.4 Å². The van der Waals surface area contributed by atoms with E-state index in [0.29, 0.717) is 0 Å². The molecule has 0 spiro atoms. The van der Waals surface area contributed by atoms with Crippen LogP contribution in [0.2, 0.25) is 0 Å². The van der Waals surface area contributed by atoms with E-state index >= 15 is 0 Å². The van der Waals surface area contributed by atoms with Crippen LogP contribution in [0.1, 0.15) is 53.9 Å². The monoisotopic (exact) mass is 154 g/mol. The molecule has 0 radical (unpaired) electrons. The summed E-state index contributed by atoms with van der Waals surface area (Å²) in [5.41, 5.74) is 3.07. The molecular weight excluding hydrogens is 132 g/mol. The van der Waals surface area contributed by atoms with E-state index < -0.39 is 0 Å². The molecule has 0 saturated heterocycles. The van der Waals surface area contributed by atoms with Gasteiger partial charge in [-0.2, -0.15) is 0 Å². The topological polar surface area (TPSA) is 0 Å². The Bertz CT molecular complexity index is 127. The molecule has 0 N–H and O–H groups in total. The Morgan fingerprint density at radius 3 is 2.09 bits per heavy atom. The zero-order chi connectivity index (χ0) is 8.85. The Labute approximate surface area is 71.7 Å². The van der Waals surface area contributed by atoms with Crippen LogP contribution in [0.5, 0.6) is 0 Å². The van der Waals surface area contributed by atoms with E-state index in [1.54, 1.807) is 5.57 Å². The standard InChI is InChI=1S/C11H22/c1-6-10(4)7-8-11(5)9(2)3/h10H,6-8H2,1-5H3. The van der Waals surface area contributed by atoms with Crippen molar-refractivity contribution in [2.75, 3.05) is 0 Å². The summed E-state index contributed by atoms with van der Waals surface area (Å²) in [6, 6.07) is 0. The molecule has 0 nitrogen and oxygen atoms in total. The van der Waals surface area contributed by atoms with E-state index in [-0.39, 0.29) is 0 Å². The van der Waals surface area contributed by atoms with Crippen molar-refractivity contribution in [3.8, 4) is 0 Å². The van der Waals surface area contributed by atoms with Crippen LogP contribution >= 0.6 is 0 Å². The quantitative estimate of drug-likeness (QED) is 0.533. The molecular formula is C11H22. The van der Waals surface area contributed by atoms with Crippen molar-refractivity contribution in [1.29, 1.82) is 0 Å². The molecule has 0 saturated carbocycles. The molecule has 0 fully saturated rings. The third-order valence-corrected chi connectivity index (χ3v) is 2.56. The maximum absolute atomic E-state index is 2.33.